The van der Waals surface area contributed by atoms with Gasteiger partial charge in [0.1, 0.15) is 5.82 Å². The molecule has 0 saturated heterocycles. The van der Waals surface area contributed by atoms with E-state index in [1.54, 1.807) is 19.1 Å². The van der Waals surface area contributed by atoms with Crippen LogP contribution < -0.4 is 15.5 Å². The summed E-state index contributed by atoms with van der Waals surface area (Å²) in [6, 6.07) is 14.1. The highest BCUT2D eigenvalue weighted by Gasteiger charge is 2.10. The van der Waals surface area contributed by atoms with Crippen LogP contribution in [0.25, 0.3) is 0 Å². The standard InChI is InChI=1S/C20H24FN3O2/c1-3-24(17-7-5-4-6-8-17)14-19(25)22-11-12-23-20(26)16-10-9-15(2)18(21)13-16/h4-10,13H,3,11-12,14H2,1-2H3,(H,22,25)(H,23,26). The lowest BCUT2D eigenvalue weighted by molar-refractivity contribution is -0.119. The molecule has 0 radical (unpaired) electrons. The maximum absolute atomic E-state index is 13.5. The number of rotatable bonds is 8. The predicted molar refractivity (Wildman–Crippen MR) is 101 cm³/mol. The maximum Gasteiger partial charge on any atom is 0.251 e. The van der Waals surface area contributed by atoms with Gasteiger partial charge in [-0.05, 0) is 43.7 Å². The normalized spacial score (nSPS) is 10.3. The SMILES string of the molecule is CCN(CC(=O)NCCNC(=O)c1ccc(C)c(F)c1)c1ccccc1. The predicted octanol–water partition coefficient (Wildman–Crippen LogP) is 2.51. The van der Waals surface area contributed by atoms with E-state index in [0.29, 0.717) is 18.7 Å². The number of hydrogen-bond donors (Lipinski definition) is 2. The molecule has 2 aromatic rings. The Bertz CT molecular complexity index is 750. The minimum Gasteiger partial charge on any atom is -0.363 e. The van der Waals surface area contributed by atoms with Crippen LogP contribution in [-0.2, 0) is 4.79 Å². The van der Waals surface area contributed by atoms with Crippen molar-refractivity contribution in [2.24, 2.45) is 0 Å². The molecule has 0 saturated carbocycles. The second-order valence-corrected chi connectivity index (χ2v) is 5.92. The Labute approximate surface area is 153 Å². The Morgan fingerprint density at radius 2 is 1.73 bits per heavy atom. The summed E-state index contributed by atoms with van der Waals surface area (Å²) in [7, 11) is 0. The fourth-order valence-electron chi connectivity index (χ4n) is 2.47. The van der Waals surface area contributed by atoms with Gasteiger partial charge < -0.3 is 15.5 Å². The first-order chi connectivity index (χ1) is 12.5. The van der Waals surface area contributed by atoms with Crippen molar-refractivity contribution >= 4 is 17.5 Å². The van der Waals surface area contributed by atoms with Crippen molar-refractivity contribution in [1.29, 1.82) is 0 Å². The van der Waals surface area contributed by atoms with Crippen LogP contribution in [0.1, 0.15) is 22.8 Å². The van der Waals surface area contributed by atoms with E-state index in [2.05, 4.69) is 10.6 Å². The molecule has 0 atom stereocenters. The van der Waals surface area contributed by atoms with Gasteiger partial charge in [0.15, 0.2) is 0 Å². The summed E-state index contributed by atoms with van der Waals surface area (Å²) in [6.07, 6.45) is 0. The van der Waals surface area contributed by atoms with Crippen LogP contribution in [0.15, 0.2) is 48.5 Å². The van der Waals surface area contributed by atoms with Crippen molar-refractivity contribution in [3.63, 3.8) is 0 Å². The molecule has 2 rings (SSSR count). The lowest BCUT2D eigenvalue weighted by Gasteiger charge is -2.22. The summed E-state index contributed by atoms with van der Waals surface area (Å²) in [5, 5.41) is 5.44. The molecule has 2 aromatic carbocycles. The molecule has 0 heterocycles. The van der Waals surface area contributed by atoms with E-state index in [0.717, 1.165) is 5.69 Å². The van der Waals surface area contributed by atoms with Crippen molar-refractivity contribution in [3.8, 4) is 0 Å². The van der Waals surface area contributed by atoms with Crippen molar-refractivity contribution in [2.75, 3.05) is 31.1 Å². The van der Waals surface area contributed by atoms with Gasteiger partial charge in [0.2, 0.25) is 5.91 Å². The third-order valence-corrected chi connectivity index (χ3v) is 4.00. The van der Waals surface area contributed by atoms with Gasteiger partial charge in [-0.3, -0.25) is 9.59 Å². The molecule has 5 nitrogen and oxygen atoms in total. The highest BCUT2D eigenvalue weighted by atomic mass is 19.1. The van der Waals surface area contributed by atoms with Gasteiger partial charge >= 0.3 is 0 Å². The average molecular weight is 357 g/mol. The molecule has 26 heavy (non-hydrogen) atoms. The van der Waals surface area contributed by atoms with E-state index in [1.165, 1.54) is 6.07 Å². The van der Waals surface area contributed by atoms with Gasteiger partial charge in [0.25, 0.3) is 5.91 Å². The number of para-hydroxylation sites is 1. The number of benzene rings is 2. The van der Waals surface area contributed by atoms with Crippen molar-refractivity contribution in [2.45, 2.75) is 13.8 Å². The van der Waals surface area contributed by atoms with E-state index in [1.807, 2.05) is 42.2 Å². The molecule has 2 N–H and O–H groups in total. The fourth-order valence-corrected chi connectivity index (χ4v) is 2.47. The minimum atomic E-state index is -0.411. The quantitative estimate of drug-likeness (QED) is 0.714. The molecule has 6 heteroatoms. The molecule has 0 fully saturated rings. The number of aryl methyl sites for hydroxylation is 1. The van der Waals surface area contributed by atoms with Crippen LogP contribution in [-0.4, -0.2) is 38.0 Å². The summed E-state index contributed by atoms with van der Waals surface area (Å²) < 4.78 is 13.5. The molecule has 0 aromatic heterocycles. The van der Waals surface area contributed by atoms with Gasteiger partial charge in [-0.15, -0.1) is 0 Å². The molecule has 138 valence electrons. The van der Waals surface area contributed by atoms with E-state index in [4.69, 9.17) is 0 Å². The number of nitrogens with zero attached hydrogens (tertiary/aromatic N) is 1. The van der Waals surface area contributed by atoms with Crippen LogP contribution in [0.2, 0.25) is 0 Å². The molecule has 0 aliphatic heterocycles. The highest BCUT2D eigenvalue weighted by Crippen LogP contribution is 2.12. The zero-order valence-corrected chi connectivity index (χ0v) is 15.1. The first kappa shape index (κ1) is 19.4. The largest absolute Gasteiger partial charge is 0.363 e. The zero-order valence-electron chi connectivity index (χ0n) is 15.1. The smallest absolute Gasteiger partial charge is 0.251 e. The lowest BCUT2D eigenvalue weighted by atomic mass is 10.1. The molecule has 0 spiro atoms. The molecule has 0 aliphatic carbocycles. The first-order valence-electron chi connectivity index (χ1n) is 8.62. The Kier molecular flexibility index (Phi) is 7.14. The number of amides is 2. The summed E-state index contributed by atoms with van der Waals surface area (Å²) in [6.45, 7) is 5.18. The van der Waals surface area contributed by atoms with Gasteiger partial charge in [-0.1, -0.05) is 24.3 Å². The summed E-state index contributed by atoms with van der Waals surface area (Å²) in [4.78, 5) is 26.0. The molecule has 0 unspecified atom stereocenters. The molecule has 0 aliphatic rings. The highest BCUT2D eigenvalue weighted by molar-refractivity contribution is 5.94. The van der Waals surface area contributed by atoms with Crippen LogP contribution in [0.5, 0.6) is 0 Å². The Balaban J connectivity index is 1.74. The van der Waals surface area contributed by atoms with Crippen molar-refractivity contribution in [3.05, 3.63) is 65.5 Å². The second kappa shape index (κ2) is 9.56. The monoisotopic (exact) mass is 357 g/mol. The van der Waals surface area contributed by atoms with Crippen LogP contribution in [0.3, 0.4) is 0 Å². The number of anilines is 1. The Morgan fingerprint density at radius 3 is 2.38 bits per heavy atom. The number of likely N-dealkylation sites (N-methyl/N-ethyl adjacent to an activating group) is 1. The third kappa shape index (κ3) is 5.58. The average Bonchev–Trinajstić information content (AvgIpc) is 2.66. The summed E-state index contributed by atoms with van der Waals surface area (Å²) >= 11 is 0. The summed E-state index contributed by atoms with van der Waals surface area (Å²) in [5.74, 6) is -0.893. The Hall–Kier alpha value is -2.89. The van der Waals surface area contributed by atoms with Gasteiger partial charge in [0.05, 0.1) is 6.54 Å². The van der Waals surface area contributed by atoms with E-state index in [-0.39, 0.29) is 30.5 Å². The first-order valence-corrected chi connectivity index (χ1v) is 8.62. The molecular weight excluding hydrogens is 333 g/mol. The van der Waals surface area contributed by atoms with Gasteiger partial charge in [-0.25, -0.2) is 4.39 Å². The van der Waals surface area contributed by atoms with E-state index >= 15 is 0 Å². The van der Waals surface area contributed by atoms with Gasteiger partial charge in [-0.2, -0.15) is 0 Å². The number of halogens is 1. The number of nitrogens with one attached hydrogen (secondary N) is 2. The molecule has 0 bridgehead atoms. The summed E-state index contributed by atoms with van der Waals surface area (Å²) in [5.41, 5.74) is 1.74. The number of carbonyl (C=O) groups excluding carboxylic acids is 2. The van der Waals surface area contributed by atoms with Gasteiger partial charge in [0, 0.05) is 30.9 Å². The second-order valence-electron chi connectivity index (χ2n) is 5.92. The van der Waals surface area contributed by atoms with Crippen molar-refractivity contribution < 1.29 is 14.0 Å². The van der Waals surface area contributed by atoms with E-state index in [9.17, 15) is 14.0 Å². The fraction of sp³-hybridized carbons (Fsp3) is 0.300. The van der Waals surface area contributed by atoms with Crippen molar-refractivity contribution in [1.82, 2.24) is 10.6 Å². The topological polar surface area (TPSA) is 61.4 Å². The number of hydrogen-bond acceptors (Lipinski definition) is 3. The van der Waals surface area contributed by atoms with Crippen LogP contribution >= 0.6 is 0 Å². The van der Waals surface area contributed by atoms with Crippen LogP contribution in [0.4, 0.5) is 10.1 Å². The lowest BCUT2D eigenvalue weighted by Crippen LogP contribution is -2.40. The molecular formula is C20H24FN3O2. The Morgan fingerprint density at radius 1 is 1.04 bits per heavy atom. The van der Waals surface area contributed by atoms with E-state index < -0.39 is 5.82 Å². The minimum absolute atomic E-state index is 0.119. The zero-order chi connectivity index (χ0) is 18.9. The third-order valence-electron chi connectivity index (χ3n) is 4.00. The number of carbonyl (C=O) groups is 2. The molecule has 2 amide bonds. The maximum atomic E-state index is 13.5. The van der Waals surface area contributed by atoms with Crippen LogP contribution in [0, 0.1) is 12.7 Å².